The van der Waals surface area contributed by atoms with Crippen LogP contribution < -0.4 is 0 Å². The molecule has 0 bridgehead atoms. The summed E-state index contributed by atoms with van der Waals surface area (Å²) in [5.41, 5.74) is 4.40. The van der Waals surface area contributed by atoms with Crippen molar-refractivity contribution in [3.63, 3.8) is 0 Å². The number of rotatable bonds is 10. The molecule has 0 spiro atoms. The van der Waals surface area contributed by atoms with Crippen LogP contribution in [-0.2, 0) is 12.7 Å². The van der Waals surface area contributed by atoms with Gasteiger partial charge in [-0.25, -0.2) is 0 Å². The molecule has 4 aliphatic rings. The number of hydrogen-bond acceptors (Lipinski definition) is 0. The van der Waals surface area contributed by atoms with Crippen LogP contribution in [0, 0.1) is 0 Å². The molecule has 0 aliphatic heterocycles. The molecule has 0 atom stereocenters. The van der Waals surface area contributed by atoms with Gasteiger partial charge in [0.2, 0.25) is 0 Å². The average Bonchev–Trinajstić information content (AvgIpc) is 3.03. The van der Waals surface area contributed by atoms with Gasteiger partial charge in [-0.05, 0) is 100 Å². The van der Waals surface area contributed by atoms with E-state index in [2.05, 4.69) is 62.5 Å². The summed E-state index contributed by atoms with van der Waals surface area (Å²) in [6.45, 7) is 4.21. The van der Waals surface area contributed by atoms with Crippen LogP contribution in [0.5, 0.6) is 0 Å². The Kier molecular flexibility index (Phi) is 24.3. The second kappa shape index (κ2) is 26.1. The molecule has 5 heteroatoms. The Morgan fingerprint density at radius 1 is 0.463 bits per heavy atom. The summed E-state index contributed by atoms with van der Waals surface area (Å²) in [6.07, 6.45) is 51.3. The van der Waals surface area contributed by atoms with E-state index in [1.165, 1.54) is 89.4 Å². The van der Waals surface area contributed by atoms with Crippen molar-refractivity contribution in [3.05, 3.63) is 48.6 Å². The molecule has 0 unspecified atom stereocenters. The molecule has 0 aromatic carbocycles. The number of halogens is 2. The summed E-state index contributed by atoms with van der Waals surface area (Å²) in [5, 5.41) is 0. The third-order valence-corrected chi connectivity index (χ3v) is 16.8. The average molecular weight is 686 g/mol. The molecule has 0 aromatic heterocycles. The zero-order chi connectivity index (χ0) is 29.4. The molecule has 4 fully saturated rings. The molecule has 240 valence electrons. The number of hydrogen-bond donors (Lipinski definition) is 0. The Bertz CT molecular complexity index is 617. The van der Waals surface area contributed by atoms with Crippen LogP contribution in [0.2, 0.25) is 0 Å². The van der Waals surface area contributed by atoms with Crippen molar-refractivity contribution in [1.29, 1.82) is 0 Å². The van der Waals surface area contributed by atoms with Gasteiger partial charge in [0.15, 0.2) is 0 Å². The normalized spacial score (nSPS) is 22.7. The predicted molar refractivity (Wildman–Crippen MR) is 191 cm³/mol. The van der Waals surface area contributed by atoms with Gasteiger partial charge in [0.1, 0.15) is 0 Å². The van der Waals surface area contributed by atoms with Crippen molar-refractivity contribution in [3.8, 4) is 0 Å². The van der Waals surface area contributed by atoms with Gasteiger partial charge in [-0.3, -0.25) is 0 Å². The van der Waals surface area contributed by atoms with Gasteiger partial charge in [-0.15, -0.1) is 0 Å². The van der Waals surface area contributed by atoms with Crippen LogP contribution in [0.15, 0.2) is 48.6 Å². The Labute approximate surface area is 273 Å². The van der Waals surface area contributed by atoms with E-state index in [0.717, 1.165) is 22.6 Å². The van der Waals surface area contributed by atoms with Gasteiger partial charge in [0.25, 0.3) is 0 Å². The summed E-state index contributed by atoms with van der Waals surface area (Å²) < 4.78 is 0. The van der Waals surface area contributed by atoms with Crippen molar-refractivity contribution in [2.75, 3.05) is 12.3 Å². The molecule has 0 aromatic rings. The Morgan fingerprint density at radius 2 is 0.707 bits per heavy atom. The molecule has 0 saturated heterocycles. The van der Waals surface area contributed by atoms with Gasteiger partial charge < -0.3 is 0 Å². The molecular weight excluding hydrogens is 624 g/mol. The quantitative estimate of drug-likeness (QED) is 0.122. The molecule has 0 N–H and O–H groups in total. The summed E-state index contributed by atoms with van der Waals surface area (Å²) in [4.78, 5) is 0. The van der Waals surface area contributed by atoms with Crippen molar-refractivity contribution in [2.24, 2.45) is 0 Å². The van der Waals surface area contributed by atoms with E-state index in [-0.39, 0.29) is 15.8 Å². The van der Waals surface area contributed by atoms with Crippen LogP contribution >= 0.6 is 36.2 Å². The second-order valence-electron chi connectivity index (χ2n) is 12.5. The molecule has 4 aliphatic carbocycles. The number of allylic oxidation sites excluding steroid dienone is 8. The molecule has 4 rings (SSSR count). The SMILES string of the molecule is CC=CC=CCP(C1CCCCC1)C1CCCCC1.CC=CC=CCP(C1CCCCC1)C1CCCCC1.[Cl][Ni][Cl]. The fourth-order valence-corrected chi connectivity index (χ4v) is 14.8. The first-order valence-electron chi connectivity index (χ1n) is 17.1. The third kappa shape index (κ3) is 16.7. The van der Waals surface area contributed by atoms with Crippen molar-refractivity contribution in [2.45, 2.75) is 165 Å². The van der Waals surface area contributed by atoms with Gasteiger partial charge in [0, 0.05) is 0 Å². The Hall–Kier alpha value is 0.894. The fraction of sp³-hybridized carbons (Fsp3) is 0.778. The Balaban J connectivity index is 0.000000262. The first kappa shape index (κ1) is 38.1. The maximum absolute atomic E-state index is 4.70. The van der Waals surface area contributed by atoms with Crippen LogP contribution in [0.3, 0.4) is 0 Å². The van der Waals surface area contributed by atoms with Gasteiger partial charge in [-0.1, -0.05) is 142 Å². The van der Waals surface area contributed by atoms with Crippen LogP contribution in [0.1, 0.15) is 142 Å². The van der Waals surface area contributed by atoms with E-state index in [9.17, 15) is 0 Å². The van der Waals surface area contributed by atoms with Gasteiger partial charge in [0.05, 0.1) is 0 Å². The summed E-state index contributed by atoms with van der Waals surface area (Å²) in [6, 6.07) is 0. The standard InChI is InChI=1S/2C18H31P.2ClH.Ni/c2*1-2-3-4-11-16-19(17-12-7-5-8-13-17)18-14-9-6-10-15-18;;;/h2*2-4,11,17-18H,5-10,12-16H2,1H3;2*1H;/q;;;;+2/p-2. The zero-order valence-corrected chi connectivity index (χ0v) is 30.7. The van der Waals surface area contributed by atoms with Gasteiger partial charge >= 0.3 is 33.0 Å². The van der Waals surface area contributed by atoms with Gasteiger partial charge in [-0.2, -0.15) is 0 Å². The fourth-order valence-electron chi connectivity index (χ4n) is 7.59. The second-order valence-corrected chi connectivity index (χ2v) is 19.9. The predicted octanol–water partition coefficient (Wildman–Crippen LogP) is 13.9. The zero-order valence-electron chi connectivity index (χ0n) is 26.5. The first-order chi connectivity index (χ1) is 20.2. The van der Waals surface area contributed by atoms with Crippen molar-refractivity contribution in [1.82, 2.24) is 0 Å². The van der Waals surface area contributed by atoms with E-state index >= 15 is 0 Å². The van der Waals surface area contributed by atoms with E-state index in [4.69, 9.17) is 20.4 Å². The van der Waals surface area contributed by atoms with E-state index < -0.39 is 0 Å². The first-order valence-corrected chi connectivity index (χ1v) is 23.2. The molecule has 0 heterocycles. The summed E-state index contributed by atoms with van der Waals surface area (Å²) >= 11 is 0.569. The summed E-state index contributed by atoms with van der Waals surface area (Å²) in [7, 11) is 9.93. The van der Waals surface area contributed by atoms with E-state index in [0.29, 0.717) is 12.7 Å². The van der Waals surface area contributed by atoms with E-state index in [1.807, 2.05) is 0 Å². The van der Waals surface area contributed by atoms with E-state index in [1.54, 1.807) is 51.4 Å². The third-order valence-electron chi connectivity index (χ3n) is 9.69. The molecule has 0 amide bonds. The monoisotopic (exact) mass is 684 g/mol. The Morgan fingerprint density at radius 3 is 0.927 bits per heavy atom. The minimum atomic E-state index is 0.266. The van der Waals surface area contributed by atoms with Crippen LogP contribution in [0.4, 0.5) is 0 Å². The molecular formula is C36H62Cl2NiP2. The minimum absolute atomic E-state index is 0.266. The molecule has 0 nitrogen and oxygen atoms in total. The maximum atomic E-state index is 4.70. The topological polar surface area (TPSA) is 0 Å². The van der Waals surface area contributed by atoms with Crippen molar-refractivity contribution >= 4 is 36.2 Å². The molecule has 0 radical (unpaired) electrons. The summed E-state index contributed by atoms with van der Waals surface area (Å²) in [5.74, 6) is 0. The van der Waals surface area contributed by atoms with Crippen LogP contribution in [0.25, 0.3) is 0 Å². The van der Waals surface area contributed by atoms with Crippen LogP contribution in [-0.4, -0.2) is 35.0 Å². The molecule has 41 heavy (non-hydrogen) atoms. The van der Waals surface area contributed by atoms with Crippen molar-refractivity contribution < 1.29 is 12.7 Å². The molecule has 4 saturated carbocycles.